The number of hydrogen-bond acceptors (Lipinski definition) is 10. The molecule has 0 radical (unpaired) electrons. The Morgan fingerprint density at radius 1 is 0.609 bits per heavy atom. The minimum Gasteiger partial charge on any atom is -0.504 e. The van der Waals surface area contributed by atoms with Crippen LogP contribution in [0.15, 0.2) is 115 Å². The molecule has 11 heteroatoms. The van der Waals surface area contributed by atoms with Crippen LogP contribution in [0.5, 0.6) is 17.2 Å². The third-order valence-corrected chi connectivity index (χ3v) is 6.83. The molecule has 5 rings (SSSR count). The largest absolute Gasteiger partial charge is 0.504 e. The van der Waals surface area contributed by atoms with Crippen molar-refractivity contribution in [1.82, 2.24) is 0 Å². The first-order chi connectivity index (χ1) is 22.2. The number of ketones is 2. The number of phenolic OH excluding ortho intramolecular Hbond substituents is 2. The van der Waals surface area contributed by atoms with Crippen molar-refractivity contribution < 1.29 is 43.8 Å². The van der Waals surface area contributed by atoms with Crippen molar-refractivity contribution in [2.24, 2.45) is 0 Å². The summed E-state index contributed by atoms with van der Waals surface area (Å²) in [6.45, 7) is -0.542. The van der Waals surface area contributed by atoms with E-state index in [2.05, 4.69) is 0 Å². The lowest BCUT2D eigenvalue weighted by molar-refractivity contribution is -0.384. The molecule has 0 bridgehead atoms. The smallest absolute Gasteiger partial charge is 0.343 e. The van der Waals surface area contributed by atoms with Crippen LogP contribution >= 0.6 is 0 Å². The van der Waals surface area contributed by atoms with E-state index < -0.39 is 69.0 Å². The number of benzene rings is 5. The number of phenols is 2. The van der Waals surface area contributed by atoms with Crippen molar-refractivity contribution in [3.05, 3.63) is 164 Å². The van der Waals surface area contributed by atoms with Gasteiger partial charge >= 0.3 is 11.9 Å². The molecule has 0 aliphatic carbocycles. The number of nitro groups is 1. The maximum Gasteiger partial charge on any atom is 0.343 e. The molecule has 0 saturated carbocycles. The van der Waals surface area contributed by atoms with Crippen molar-refractivity contribution in [3.8, 4) is 17.2 Å². The van der Waals surface area contributed by atoms with Crippen molar-refractivity contribution in [1.29, 1.82) is 0 Å². The standard InChI is InChI=1S/C35H23NO10/c37-29(22-12-4-1-5-13-22)27-26(35(42)45-20-21-11-10-18-25(19-21)36(43)44)28(30(38)23-14-6-2-7-15-23)33(32(40)31(27)39)46-34(41)24-16-8-3-9-17-24/h1-19,39-40H,20H2. The maximum atomic E-state index is 14.1. The quantitative estimate of drug-likeness (QED) is 0.0470. The number of non-ortho nitro benzene ring substituents is 1. The summed E-state index contributed by atoms with van der Waals surface area (Å²) in [5.74, 6) is -7.44. The number of carbonyl (C=O) groups is 4. The summed E-state index contributed by atoms with van der Waals surface area (Å²) in [5.41, 5.74) is -2.40. The van der Waals surface area contributed by atoms with Gasteiger partial charge in [-0.25, -0.2) is 9.59 Å². The van der Waals surface area contributed by atoms with Gasteiger partial charge in [-0.1, -0.05) is 91.0 Å². The van der Waals surface area contributed by atoms with Crippen LogP contribution in [0, 0.1) is 10.1 Å². The van der Waals surface area contributed by atoms with Gasteiger partial charge in [0.2, 0.25) is 5.75 Å². The number of aromatic hydroxyl groups is 2. The van der Waals surface area contributed by atoms with Gasteiger partial charge in [0.25, 0.3) is 5.69 Å². The molecule has 0 unspecified atom stereocenters. The molecule has 0 saturated heterocycles. The molecule has 11 nitrogen and oxygen atoms in total. The predicted molar refractivity (Wildman–Crippen MR) is 163 cm³/mol. The topological polar surface area (TPSA) is 170 Å². The van der Waals surface area contributed by atoms with Crippen molar-refractivity contribution in [2.45, 2.75) is 6.61 Å². The van der Waals surface area contributed by atoms with Gasteiger partial charge in [-0.05, 0) is 17.7 Å². The summed E-state index contributed by atoms with van der Waals surface area (Å²) < 4.78 is 10.9. The predicted octanol–water partition coefficient (Wildman–Crippen LogP) is 6.04. The van der Waals surface area contributed by atoms with Gasteiger partial charge in [0.05, 0.1) is 27.2 Å². The number of esters is 2. The molecule has 0 amide bonds. The minimum atomic E-state index is -1.32. The van der Waals surface area contributed by atoms with Crippen LogP contribution in [0.2, 0.25) is 0 Å². The molecule has 0 aliphatic heterocycles. The average molecular weight is 618 g/mol. The lowest BCUT2D eigenvalue weighted by atomic mass is 9.88. The second-order valence-electron chi connectivity index (χ2n) is 9.80. The molecule has 0 heterocycles. The summed E-state index contributed by atoms with van der Waals surface area (Å²) in [4.78, 5) is 65.6. The van der Waals surface area contributed by atoms with E-state index in [-0.39, 0.29) is 27.9 Å². The van der Waals surface area contributed by atoms with Gasteiger partial charge in [-0.15, -0.1) is 0 Å². The number of rotatable bonds is 10. The highest BCUT2D eigenvalue weighted by molar-refractivity contribution is 6.24. The summed E-state index contributed by atoms with van der Waals surface area (Å²) in [7, 11) is 0. The molecule has 0 atom stereocenters. The van der Waals surface area contributed by atoms with Gasteiger partial charge in [-0.2, -0.15) is 0 Å². The van der Waals surface area contributed by atoms with E-state index in [0.717, 1.165) is 0 Å². The molecule has 46 heavy (non-hydrogen) atoms. The van der Waals surface area contributed by atoms with E-state index in [1.807, 2.05) is 0 Å². The Bertz CT molecular complexity index is 1970. The van der Waals surface area contributed by atoms with Gasteiger partial charge in [0.1, 0.15) is 6.61 Å². The van der Waals surface area contributed by atoms with Gasteiger partial charge in [0.15, 0.2) is 23.1 Å². The van der Waals surface area contributed by atoms with E-state index in [4.69, 9.17) is 9.47 Å². The number of nitrogens with zero attached hydrogens (tertiary/aromatic N) is 1. The first-order valence-electron chi connectivity index (χ1n) is 13.7. The fraction of sp³-hybridized carbons (Fsp3) is 0.0286. The summed E-state index contributed by atoms with van der Waals surface area (Å²) in [6.07, 6.45) is 0. The maximum absolute atomic E-state index is 14.1. The number of hydrogen-bond donors (Lipinski definition) is 2. The molecule has 0 fully saturated rings. The number of carbonyl (C=O) groups excluding carboxylic acids is 4. The van der Waals surface area contributed by atoms with Crippen LogP contribution in [0.3, 0.4) is 0 Å². The molecule has 2 N–H and O–H groups in total. The van der Waals surface area contributed by atoms with Crippen LogP contribution < -0.4 is 4.74 Å². The SMILES string of the molecule is O=C(Oc1c(O)c(O)c(C(=O)c2ccccc2)c(C(=O)OCc2cccc([N+](=O)[O-])c2)c1C(=O)c1ccccc1)c1ccccc1. The Morgan fingerprint density at radius 3 is 1.67 bits per heavy atom. The van der Waals surface area contributed by atoms with E-state index in [9.17, 15) is 39.5 Å². The van der Waals surface area contributed by atoms with Crippen molar-refractivity contribution in [2.75, 3.05) is 0 Å². The zero-order valence-electron chi connectivity index (χ0n) is 23.8. The summed E-state index contributed by atoms with van der Waals surface area (Å²) >= 11 is 0. The fourth-order valence-electron chi connectivity index (χ4n) is 4.62. The van der Waals surface area contributed by atoms with E-state index in [1.165, 1.54) is 84.9 Å². The molecular weight excluding hydrogens is 594 g/mol. The van der Waals surface area contributed by atoms with Crippen LogP contribution in [-0.2, 0) is 11.3 Å². The molecule has 5 aromatic carbocycles. The first kappa shape index (κ1) is 30.8. The van der Waals surface area contributed by atoms with Crippen molar-refractivity contribution in [3.63, 3.8) is 0 Å². The summed E-state index contributed by atoms with van der Waals surface area (Å²) in [5, 5.41) is 33.7. The van der Waals surface area contributed by atoms with Gasteiger partial charge in [-0.3, -0.25) is 19.7 Å². The lowest BCUT2D eigenvalue weighted by Crippen LogP contribution is -2.21. The Morgan fingerprint density at radius 2 is 1.13 bits per heavy atom. The zero-order valence-corrected chi connectivity index (χ0v) is 23.8. The molecule has 0 spiro atoms. The highest BCUT2D eigenvalue weighted by Gasteiger charge is 2.37. The highest BCUT2D eigenvalue weighted by atomic mass is 16.6. The van der Waals surface area contributed by atoms with Crippen LogP contribution in [0.25, 0.3) is 0 Å². The van der Waals surface area contributed by atoms with Crippen molar-refractivity contribution >= 4 is 29.2 Å². The number of nitro benzene ring substituents is 1. The molecule has 0 aliphatic rings. The Labute approximate surface area is 261 Å². The monoisotopic (exact) mass is 617 g/mol. The normalized spacial score (nSPS) is 10.5. The van der Waals surface area contributed by atoms with Crippen LogP contribution in [0.4, 0.5) is 5.69 Å². The van der Waals surface area contributed by atoms with Gasteiger partial charge < -0.3 is 19.7 Å². The third-order valence-electron chi connectivity index (χ3n) is 6.83. The second kappa shape index (κ2) is 13.3. The van der Waals surface area contributed by atoms with Crippen LogP contribution in [0.1, 0.15) is 58.1 Å². The summed E-state index contributed by atoms with van der Waals surface area (Å²) in [6, 6.07) is 27.7. The fourth-order valence-corrected chi connectivity index (χ4v) is 4.62. The Hall–Kier alpha value is -6.62. The van der Waals surface area contributed by atoms with E-state index in [0.29, 0.717) is 0 Å². The third kappa shape index (κ3) is 6.33. The molecule has 5 aromatic rings. The average Bonchev–Trinajstić information content (AvgIpc) is 3.09. The van der Waals surface area contributed by atoms with Crippen LogP contribution in [-0.4, -0.2) is 38.6 Å². The molecule has 0 aromatic heterocycles. The number of ether oxygens (including phenoxy) is 2. The Kier molecular flexibility index (Phi) is 8.95. The highest BCUT2D eigenvalue weighted by Crippen LogP contribution is 2.46. The first-order valence-corrected chi connectivity index (χ1v) is 13.7. The van der Waals surface area contributed by atoms with Gasteiger partial charge in [0, 0.05) is 23.3 Å². The van der Waals surface area contributed by atoms with E-state index in [1.54, 1.807) is 30.3 Å². The second-order valence-corrected chi connectivity index (χ2v) is 9.80. The van der Waals surface area contributed by atoms with E-state index >= 15 is 0 Å². The lowest BCUT2D eigenvalue weighted by Gasteiger charge is -2.20. The zero-order chi connectivity index (χ0) is 32.8. The molecular formula is C35H23NO10. The minimum absolute atomic E-state index is 0.0127. The molecule has 228 valence electrons. The Balaban J connectivity index is 1.74.